The Balaban J connectivity index is 0.000000239. The summed E-state index contributed by atoms with van der Waals surface area (Å²) in [6, 6.07) is 36.0. The first-order valence-corrected chi connectivity index (χ1v) is 33.7. The fraction of sp³-hybridized carbons (Fsp3) is 0.444. The maximum atomic E-state index is 12.1. The molecule has 6 rings (SSSR count). The van der Waals surface area contributed by atoms with Gasteiger partial charge in [-0.25, -0.2) is 4.79 Å². The van der Waals surface area contributed by atoms with Crippen molar-refractivity contribution in [3.05, 3.63) is 120 Å². The van der Waals surface area contributed by atoms with Gasteiger partial charge in [-0.05, 0) is 144 Å². The van der Waals surface area contributed by atoms with E-state index in [9.17, 15) is 4.79 Å². The van der Waals surface area contributed by atoms with Gasteiger partial charge in [-0.15, -0.1) is 0 Å². The summed E-state index contributed by atoms with van der Waals surface area (Å²) in [6.45, 7) is 12.1. The molecule has 1 N–H and O–H groups in total. The van der Waals surface area contributed by atoms with Gasteiger partial charge in [0.25, 0.3) is 0 Å². The van der Waals surface area contributed by atoms with Crippen molar-refractivity contribution < 1.29 is 41.7 Å². The van der Waals surface area contributed by atoms with Crippen LogP contribution < -0.4 is 24.3 Å². The van der Waals surface area contributed by atoms with Crippen molar-refractivity contribution >= 4 is 33.3 Å². The molecule has 0 atom stereocenters. The summed E-state index contributed by atoms with van der Waals surface area (Å²) in [5.41, 5.74) is 1.88. The normalized spacial score (nSPS) is 14.5. The molecule has 2 aliphatic rings. The molecule has 2 saturated heterocycles. The van der Waals surface area contributed by atoms with Gasteiger partial charge in [0.1, 0.15) is 41.8 Å². The van der Waals surface area contributed by atoms with E-state index >= 15 is 0 Å². The van der Waals surface area contributed by atoms with Gasteiger partial charge in [0.15, 0.2) is 0 Å². The first kappa shape index (κ1) is 45.6. The molecular weight excluding hydrogens is 890 g/mol. The van der Waals surface area contributed by atoms with Gasteiger partial charge in [0.2, 0.25) is 0 Å². The second-order valence-electron chi connectivity index (χ2n) is 15.0. The first-order chi connectivity index (χ1) is 27.2. The second-order valence-corrected chi connectivity index (χ2v) is 29.0. The van der Waals surface area contributed by atoms with Gasteiger partial charge in [-0.2, -0.15) is 0 Å². The van der Waals surface area contributed by atoms with Crippen LogP contribution in [0.2, 0.25) is 0 Å². The van der Waals surface area contributed by atoms with Crippen molar-refractivity contribution in [1.29, 1.82) is 0 Å². The topological polar surface area (TPSA) is 78.5 Å². The summed E-state index contributed by atoms with van der Waals surface area (Å²) < 4.78 is 28.8. The minimum absolute atomic E-state index is 0.202. The summed E-state index contributed by atoms with van der Waals surface area (Å²) in [5.74, 6) is 4.88. The maximum Gasteiger partial charge on any atom is 0.120 e. The molecule has 0 saturated carbocycles. The van der Waals surface area contributed by atoms with Crippen LogP contribution in [0.15, 0.2) is 109 Å². The number of hydrogen-bond acceptors (Lipinski definition) is 7. The van der Waals surface area contributed by atoms with E-state index in [4.69, 9.17) is 23.7 Å². The average Bonchev–Trinajstić information content (AvgIpc) is 3.22. The zero-order valence-electron chi connectivity index (χ0n) is 33.3. The molecular formula is C45H58Br2N2O6Zn. The van der Waals surface area contributed by atoms with Gasteiger partial charge < -0.3 is 33.9 Å². The number of piperidine rings is 2. The number of rotatable bonds is 14. The SMILES string of the molecule is CC(C)(C)OC(=O)N1CCC(CCOc2ccc(OCc3ccccc3)cc2)CC1.[Br][Zn][Br].c1ccc(COc2ccc(OCCC3CCNCC3)cc2)cc1. The Morgan fingerprint density at radius 1 is 0.625 bits per heavy atom. The van der Waals surface area contributed by atoms with Crippen molar-refractivity contribution in [3.63, 3.8) is 0 Å². The number of ether oxygens (including phenoxy) is 5. The monoisotopic (exact) mass is 944 g/mol. The van der Waals surface area contributed by atoms with Crippen molar-refractivity contribution in [2.24, 2.45) is 11.8 Å². The van der Waals surface area contributed by atoms with Gasteiger partial charge in [-0.1, -0.05) is 60.7 Å². The Morgan fingerprint density at radius 3 is 1.39 bits per heavy atom. The van der Waals surface area contributed by atoms with E-state index in [-0.39, 0.29) is 19.3 Å². The minimum atomic E-state index is -0.441. The van der Waals surface area contributed by atoms with Crippen molar-refractivity contribution in [2.75, 3.05) is 39.4 Å². The van der Waals surface area contributed by atoms with Crippen molar-refractivity contribution in [3.8, 4) is 23.0 Å². The number of amides is 1. The van der Waals surface area contributed by atoms with Gasteiger partial charge in [0.05, 0.1) is 13.2 Å². The van der Waals surface area contributed by atoms with Gasteiger partial charge in [-0.3, -0.25) is 0 Å². The maximum absolute atomic E-state index is 12.1. The molecule has 0 unspecified atom stereocenters. The van der Waals surface area contributed by atoms with Crippen LogP contribution in [-0.2, 0) is 31.2 Å². The molecule has 56 heavy (non-hydrogen) atoms. The van der Waals surface area contributed by atoms with E-state index in [0.29, 0.717) is 25.7 Å². The predicted molar refractivity (Wildman–Crippen MR) is 229 cm³/mol. The zero-order valence-corrected chi connectivity index (χ0v) is 39.4. The number of likely N-dealkylation sites (tertiary alicyclic amines) is 1. The van der Waals surface area contributed by atoms with Crippen LogP contribution >= 0.6 is 27.2 Å². The quantitative estimate of drug-likeness (QED) is 0.126. The minimum Gasteiger partial charge on any atom is -0.494 e. The molecule has 4 aromatic carbocycles. The number of hydrogen-bond donors (Lipinski definition) is 1. The summed E-state index contributed by atoms with van der Waals surface area (Å²) in [6.07, 6.45) is 6.48. The third kappa shape index (κ3) is 18.9. The van der Waals surface area contributed by atoms with Gasteiger partial charge >= 0.3 is 46.5 Å². The smallest absolute Gasteiger partial charge is 0.120 e. The molecule has 2 fully saturated rings. The van der Waals surface area contributed by atoms with Crippen LogP contribution in [0.3, 0.4) is 0 Å². The third-order valence-electron chi connectivity index (χ3n) is 9.46. The number of carbonyl (C=O) groups is 1. The molecule has 0 aromatic heterocycles. The number of carbonyl (C=O) groups excluding carboxylic acids is 1. The Kier molecular flexibility index (Phi) is 21.2. The number of nitrogens with zero attached hydrogens (tertiary/aromatic N) is 1. The van der Waals surface area contributed by atoms with E-state index in [1.807, 2.05) is 111 Å². The van der Waals surface area contributed by atoms with Gasteiger partial charge in [0, 0.05) is 13.1 Å². The standard InChI is InChI=1S/C25H33NO4.C20H25NO2.2BrH.Zn/c1-25(2,3)30-24(27)26-16-13-20(14-17-26)15-18-28-22-9-11-23(12-10-22)29-19-21-7-5-4-6-8-21;1-2-4-18(5-3-1)16-23-20-8-6-19(7-9-20)22-15-12-17-10-13-21-14-11-17;;;/h4-12,20H,13-19H2,1-3H3;1-9,17,21H,10-16H2;2*1H;/q;;;;+2/p-2. The molecule has 8 nitrogen and oxygen atoms in total. The molecule has 1 amide bonds. The molecule has 11 heteroatoms. The molecule has 0 radical (unpaired) electrons. The van der Waals surface area contributed by atoms with Crippen LogP contribution in [-0.4, -0.2) is 56.0 Å². The number of halogens is 2. The van der Waals surface area contributed by atoms with Crippen molar-refractivity contribution in [2.45, 2.75) is 78.1 Å². The number of nitrogens with one attached hydrogen (secondary N) is 1. The summed E-state index contributed by atoms with van der Waals surface area (Å²) >= 11 is 6.25. The Labute approximate surface area is 355 Å². The van der Waals surface area contributed by atoms with E-state index in [2.05, 4.69) is 56.8 Å². The first-order valence-electron chi connectivity index (χ1n) is 19.8. The van der Waals surface area contributed by atoms with E-state index in [1.165, 1.54) is 18.4 Å². The molecule has 0 bridgehead atoms. The van der Waals surface area contributed by atoms with Crippen LogP contribution in [0.25, 0.3) is 0 Å². The summed E-state index contributed by atoms with van der Waals surface area (Å²) in [7, 11) is 0. The third-order valence-corrected chi connectivity index (χ3v) is 9.46. The molecule has 2 heterocycles. The van der Waals surface area contributed by atoms with E-state index < -0.39 is 5.60 Å². The van der Waals surface area contributed by atoms with E-state index in [1.54, 1.807) is 0 Å². The molecule has 2 aliphatic heterocycles. The Morgan fingerprint density at radius 2 is 1.00 bits per heavy atom. The molecule has 0 aliphatic carbocycles. The fourth-order valence-corrected chi connectivity index (χ4v) is 6.33. The molecule has 0 spiro atoms. The van der Waals surface area contributed by atoms with Crippen LogP contribution in [0, 0.1) is 11.8 Å². The van der Waals surface area contributed by atoms with Crippen LogP contribution in [0.1, 0.15) is 70.4 Å². The Bertz CT molecular complexity index is 1610. The molecule has 4 aromatic rings. The number of benzene rings is 4. The van der Waals surface area contributed by atoms with Crippen LogP contribution in [0.5, 0.6) is 23.0 Å². The summed E-state index contributed by atoms with van der Waals surface area (Å²) in [5, 5.41) is 3.40. The predicted octanol–water partition coefficient (Wildman–Crippen LogP) is 11.4. The largest absolute Gasteiger partial charge is 0.494 e. The van der Waals surface area contributed by atoms with E-state index in [0.717, 1.165) is 92.9 Å². The van der Waals surface area contributed by atoms with Crippen molar-refractivity contribution in [1.82, 2.24) is 10.2 Å². The average molecular weight is 948 g/mol. The second kappa shape index (κ2) is 26.0. The zero-order chi connectivity index (χ0) is 39.9. The van der Waals surface area contributed by atoms with Crippen LogP contribution in [0.4, 0.5) is 4.79 Å². The Hall–Kier alpha value is -3.11. The fourth-order valence-electron chi connectivity index (χ4n) is 6.33. The molecule has 300 valence electrons. The summed E-state index contributed by atoms with van der Waals surface area (Å²) in [4.78, 5) is 14.0.